The van der Waals surface area contributed by atoms with Gasteiger partial charge in [-0.15, -0.1) is 24.8 Å². The SMILES string of the molecule is CCC(C(=N)S(=O)(=O)c1ccccc1Cl)C(N)c1ccc(C(=O)Nc2ccncc2)cc1.Cl.Cl. The number of sulfone groups is 1. The van der Waals surface area contributed by atoms with Gasteiger partial charge in [-0.05, 0) is 48.4 Å². The molecule has 0 bridgehead atoms. The predicted molar refractivity (Wildman–Crippen MR) is 140 cm³/mol. The van der Waals surface area contributed by atoms with Crippen LogP contribution in [0, 0.1) is 11.3 Å². The second-order valence-corrected chi connectivity index (χ2v) is 9.44. The van der Waals surface area contributed by atoms with Crippen molar-refractivity contribution in [1.82, 2.24) is 4.98 Å². The number of rotatable bonds is 7. The Bertz CT molecular complexity index is 1220. The van der Waals surface area contributed by atoms with Gasteiger partial charge in [0.25, 0.3) is 5.91 Å². The number of nitrogens with zero attached hydrogens (tertiary/aromatic N) is 1. The Balaban J connectivity index is 0.00000289. The smallest absolute Gasteiger partial charge is 0.255 e. The molecule has 0 saturated heterocycles. The molecule has 2 unspecified atom stereocenters. The monoisotopic (exact) mass is 542 g/mol. The molecule has 0 fully saturated rings. The third-order valence-corrected chi connectivity index (χ3v) is 7.38. The fourth-order valence-corrected chi connectivity index (χ4v) is 5.28. The van der Waals surface area contributed by atoms with E-state index >= 15 is 0 Å². The number of amides is 1. The van der Waals surface area contributed by atoms with Crippen LogP contribution in [0.4, 0.5) is 5.69 Å². The molecule has 0 aliphatic rings. The van der Waals surface area contributed by atoms with E-state index in [0.29, 0.717) is 23.2 Å². The molecule has 2 aromatic carbocycles. The summed E-state index contributed by atoms with van der Waals surface area (Å²) in [5, 5.41) is 10.7. The van der Waals surface area contributed by atoms with Gasteiger partial charge in [-0.3, -0.25) is 15.2 Å². The molecule has 34 heavy (non-hydrogen) atoms. The van der Waals surface area contributed by atoms with E-state index in [4.69, 9.17) is 22.7 Å². The molecule has 11 heteroatoms. The maximum Gasteiger partial charge on any atom is 0.255 e. The highest BCUT2D eigenvalue weighted by Gasteiger charge is 2.33. The summed E-state index contributed by atoms with van der Waals surface area (Å²) in [5.74, 6) is -1.05. The van der Waals surface area contributed by atoms with Crippen LogP contribution in [0.2, 0.25) is 5.02 Å². The molecular weight excluding hydrogens is 519 g/mol. The van der Waals surface area contributed by atoms with Crippen molar-refractivity contribution >= 4 is 62.9 Å². The van der Waals surface area contributed by atoms with Gasteiger partial charge >= 0.3 is 0 Å². The summed E-state index contributed by atoms with van der Waals surface area (Å²) in [6.07, 6.45) is 3.50. The number of hydrogen-bond acceptors (Lipinski definition) is 6. The van der Waals surface area contributed by atoms with Crippen LogP contribution in [0.5, 0.6) is 0 Å². The highest BCUT2D eigenvalue weighted by Crippen LogP contribution is 2.30. The zero-order valence-corrected chi connectivity index (χ0v) is 21.3. The number of halogens is 3. The van der Waals surface area contributed by atoms with Crippen LogP contribution in [0.25, 0.3) is 0 Å². The van der Waals surface area contributed by atoms with Crippen LogP contribution in [0.1, 0.15) is 35.3 Å². The Morgan fingerprint density at radius 3 is 2.21 bits per heavy atom. The topological polar surface area (TPSA) is 126 Å². The fourth-order valence-electron chi connectivity index (χ4n) is 3.31. The van der Waals surface area contributed by atoms with Crippen LogP contribution in [0.3, 0.4) is 0 Å². The second-order valence-electron chi connectivity index (χ2n) is 7.15. The normalized spacial score (nSPS) is 12.4. The number of carbonyl (C=O) groups excluding carboxylic acids is 1. The zero-order valence-electron chi connectivity index (χ0n) is 18.1. The van der Waals surface area contributed by atoms with E-state index in [-0.39, 0.29) is 40.6 Å². The van der Waals surface area contributed by atoms with Gasteiger partial charge in [-0.2, -0.15) is 0 Å². The third-order valence-electron chi connectivity index (χ3n) is 5.12. The lowest BCUT2D eigenvalue weighted by Crippen LogP contribution is -2.32. The average molecular weight is 544 g/mol. The van der Waals surface area contributed by atoms with Gasteiger partial charge in [-0.1, -0.05) is 42.8 Å². The Labute approximate surface area is 216 Å². The van der Waals surface area contributed by atoms with Crippen LogP contribution in [-0.4, -0.2) is 24.4 Å². The van der Waals surface area contributed by atoms with Crippen molar-refractivity contribution in [1.29, 1.82) is 5.41 Å². The summed E-state index contributed by atoms with van der Waals surface area (Å²) < 4.78 is 26.0. The summed E-state index contributed by atoms with van der Waals surface area (Å²) in [5.41, 5.74) is 8.03. The lowest BCUT2D eigenvalue weighted by Gasteiger charge is -2.24. The summed E-state index contributed by atoms with van der Waals surface area (Å²) in [6, 6.07) is 15.2. The van der Waals surface area contributed by atoms with Crippen molar-refractivity contribution in [3.8, 4) is 0 Å². The molecule has 1 aromatic heterocycles. The molecule has 0 radical (unpaired) electrons. The molecule has 2 atom stereocenters. The summed E-state index contributed by atoms with van der Waals surface area (Å²) in [7, 11) is -4.09. The van der Waals surface area contributed by atoms with Crippen LogP contribution in [-0.2, 0) is 9.84 Å². The van der Waals surface area contributed by atoms with E-state index in [1.165, 1.54) is 12.1 Å². The van der Waals surface area contributed by atoms with Crippen molar-refractivity contribution in [2.75, 3.05) is 5.32 Å². The lowest BCUT2D eigenvalue weighted by molar-refractivity contribution is 0.102. The Kier molecular flexibility index (Phi) is 11.1. The molecular formula is C23H25Cl3N4O3S. The van der Waals surface area contributed by atoms with Crippen molar-refractivity contribution in [2.45, 2.75) is 24.3 Å². The number of anilines is 1. The molecule has 0 aliphatic heterocycles. The Morgan fingerprint density at radius 2 is 1.65 bits per heavy atom. The Morgan fingerprint density at radius 1 is 1.06 bits per heavy atom. The minimum atomic E-state index is -4.09. The van der Waals surface area contributed by atoms with Crippen molar-refractivity contribution in [3.05, 3.63) is 89.2 Å². The Hall–Kier alpha value is -2.49. The summed E-state index contributed by atoms with van der Waals surface area (Å²) in [4.78, 5) is 16.2. The molecule has 0 saturated carbocycles. The molecule has 4 N–H and O–H groups in total. The standard InChI is InChI=1S/C23H23ClN4O3S.2ClH/c1-2-18(22(26)32(30,31)20-6-4-3-5-19(20)24)21(25)15-7-9-16(10-8-15)23(29)28-17-11-13-27-14-12-17;;/h3-14,18,21,26H,2,25H2,1H3,(H,27,28,29);2*1H. The first-order chi connectivity index (χ1) is 15.3. The number of carbonyl (C=O) groups is 1. The summed E-state index contributed by atoms with van der Waals surface area (Å²) in [6.45, 7) is 1.78. The van der Waals surface area contributed by atoms with E-state index in [2.05, 4.69) is 10.3 Å². The molecule has 3 aromatic rings. The van der Waals surface area contributed by atoms with Gasteiger partial charge in [0.15, 0.2) is 0 Å². The maximum absolute atomic E-state index is 13.0. The van der Waals surface area contributed by atoms with Gasteiger partial charge in [0, 0.05) is 35.6 Å². The third kappa shape index (κ3) is 6.55. The first-order valence-electron chi connectivity index (χ1n) is 9.90. The second kappa shape index (κ2) is 12.8. The highest BCUT2D eigenvalue weighted by atomic mass is 35.5. The molecule has 0 aliphatic carbocycles. The maximum atomic E-state index is 13.0. The number of hydrogen-bond donors (Lipinski definition) is 3. The molecule has 1 amide bonds. The van der Waals surface area contributed by atoms with E-state index in [9.17, 15) is 13.2 Å². The first-order valence-corrected chi connectivity index (χ1v) is 11.8. The quantitative estimate of drug-likeness (QED) is 0.275. The molecule has 0 spiro atoms. The summed E-state index contributed by atoms with van der Waals surface area (Å²) >= 11 is 6.05. The van der Waals surface area contributed by atoms with E-state index in [1.807, 2.05) is 0 Å². The predicted octanol–water partition coefficient (Wildman–Crippen LogP) is 5.31. The van der Waals surface area contributed by atoms with Gasteiger partial charge in [0.2, 0.25) is 9.84 Å². The van der Waals surface area contributed by atoms with E-state index < -0.39 is 26.8 Å². The van der Waals surface area contributed by atoms with Gasteiger partial charge < -0.3 is 11.1 Å². The van der Waals surface area contributed by atoms with Gasteiger partial charge in [0.05, 0.1) is 9.92 Å². The van der Waals surface area contributed by atoms with E-state index in [1.54, 1.807) is 67.8 Å². The van der Waals surface area contributed by atoms with Crippen LogP contribution >= 0.6 is 36.4 Å². The number of nitrogens with two attached hydrogens (primary N) is 1. The molecule has 3 rings (SSSR count). The lowest BCUT2D eigenvalue weighted by atomic mass is 9.92. The molecule has 182 valence electrons. The minimum Gasteiger partial charge on any atom is -0.323 e. The van der Waals surface area contributed by atoms with E-state index in [0.717, 1.165) is 0 Å². The average Bonchev–Trinajstić information content (AvgIpc) is 2.80. The molecule has 1 heterocycles. The number of pyridine rings is 1. The van der Waals surface area contributed by atoms with Crippen LogP contribution in [0.15, 0.2) is 78.0 Å². The first kappa shape index (κ1) is 29.5. The fraction of sp³-hybridized carbons (Fsp3) is 0.174. The number of benzene rings is 2. The number of nitrogens with one attached hydrogen (secondary N) is 2. The van der Waals surface area contributed by atoms with Crippen molar-refractivity contribution in [2.24, 2.45) is 11.7 Å². The number of aromatic nitrogens is 1. The van der Waals surface area contributed by atoms with Crippen molar-refractivity contribution < 1.29 is 13.2 Å². The van der Waals surface area contributed by atoms with Gasteiger partial charge in [0.1, 0.15) is 5.04 Å². The molecule has 7 nitrogen and oxygen atoms in total. The highest BCUT2D eigenvalue weighted by molar-refractivity contribution is 8.06. The zero-order chi connectivity index (χ0) is 23.3. The van der Waals surface area contributed by atoms with Crippen molar-refractivity contribution in [3.63, 3.8) is 0 Å². The van der Waals surface area contributed by atoms with Crippen LogP contribution < -0.4 is 11.1 Å². The van der Waals surface area contributed by atoms with Gasteiger partial charge in [-0.25, -0.2) is 8.42 Å². The minimum absolute atomic E-state index is 0. The largest absolute Gasteiger partial charge is 0.323 e.